The normalized spacial score (nSPS) is 12.0. The largest absolute Gasteiger partial charge is 0.305 e. The highest BCUT2D eigenvalue weighted by Gasteiger charge is 2.21. The van der Waals surface area contributed by atoms with Crippen molar-refractivity contribution in [1.82, 2.24) is 14.7 Å². The van der Waals surface area contributed by atoms with Crippen LogP contribution in [0.3, 0.4) is 0 Å². The first-order chi connectivity index (χ1) is 15.0. The molecule has 3 rings (SSSR count). The Labute approximate surface area is 192 Å². The minimum Gasteiger partial charge on any atom is -0.305 e. The summed E-state index contributed by atoms with van der Waals surface area (Å²) in [5.74, 6) is 0.374. The van der Waals surface area contributed by atoms with Crippen molar-refractivity contribution in [3.8, 4) is 11.1 Å². The Kier molecular flexibility index (Phi) is 7.10. The highest BCUT2D eigenvalue weighted by molar-refractivity contribution is 7.92. The Hall–Kier alpha value is -2.64. The highest BCUT2D eigenvalue weighted by atomic mass is 32.2. The van der Waals surface area contributed by atoms with Gasteiger partial charge in [0.15, 0.2) is 0 Å². The monoisotopic (exact) mass is 454 g/mol. The van der Waals surface area contributed by atoms with E-state index in [1.54, 1.807) is 16.8 Å². The molecule has 2 aromatic carbocycles. The molecule has 0 unspecified atom stereocenters. The molecule has 0 aliphatic carbocycles. The molecule has 6 nitrogen and oxygen atoms in total. The molecule has 172 valence electrons. The SMILES string of the molecule is Cc1cc(CN(C)C)cc(-c2ccc(S(=O)(=O)Nc3c(CC(C)C)nn(C)c3C)cc2)c1. The standard InChI is InChI=1S/C25H34N4O2S/c1-17(2)12-24-25(19(4)29(7)26-24)27-32(30,31)23-10-8-21(9-11-23)22-14-18(3)13-20(15-22)16-28(5)6/h8-11,13-15,17,27H,12,16H2,1-7H3. The van der Waals surface area contributed by atoms with Crippen molar-refractivity contribution in [1.29, 1.82) is 0 Å². The molecule has 1 N–H and O–H groups in total. The highest BCUT2D eigenvalue weighted by Crippen LogP contribution is 2.28. The predicted octanol–water partition coefficient (Wildman–Crippen LogP) is 4.76. The Morgan fingerprint density at radius 2 is 1.69 bits per heavy atom. The van der Waals surface area contributed by atoms with Crippen LogP contribution in [0.1, 0.15) is 36.4 Å². The number of nitrogens with zero attached hydrogens (tertiary/aromatic N) is 3. The van der Waals surface area contributed by atoms with Crippen LogP contribution < -0.4 is 4.72 Å². The molecule has 0 bridgehead atoms. The van der Waals surface area contributed by atoms with Crippen LogP contribution in [-0.4, -0.2) is 37.2 Å². The van der Waals surface area contributed by atoms with Gasteiger partial charge in [0.1, 0.15) is 0 Å². The van der Waals surface area contributed by atoms with E-state index in [1.807, 2.05) is 40.2 Å². The Morgan fingerprint density at radius 3 is 2.28 bits per heavy atom. The van der Waals surface area contributed by atoms with Crippen molar-refractivity contribution in [3.63, 3.8) is 0 Å². The van der Waals surface area contributed by atoms with Gasteiger partial charge in [0.2, 0.25) is 0 Å². The smallest absolute Gasteiger partial charge is 0.262 e. The van der Waals surface area contributed by atoms with Gasteiger partial charge in [0, 0.05) is 13.6 Å². The molecule has 0 amide bonds. The summed E-state index contributed by atoms with van der Waals surface area (Å²) in [5, 5.41) is 4.51. The van der Waals surface area contributed by atoms with E-state index in [2.05, 4.69) is 53.7 Å². The molecule has 3 aromatic rings. The van der Waals surface area contributed by atoms with Gasteiger partial charge in [-0.05, 0) is 75.2 Å². The van der Waals surface area contributed by atoms with Crippen LogP contribution >= 0.6 is 0 Å². The number of anilines is 1. The second-order valence-electron chi connectivity index (χ2n) is 9.20. The molecule has 0 fully saturated rings. The third-order valence-electron chi connectivity index (χ3n) is 5.38. The minimum absolute atomic E-state index is 0.237. The molecule has 0 aliphatic heterocycles. The number of benzene rings is 2. The lowest BCUT2D eigenvalue weighted by Crippen LogP contribution is -2.15. The van der Waals surface area contributed by atoms with E-state index in [1.165, 1.54) is 11.1 Å². The summed E-state index contributed by atoms with van der Waals surface area (Å²) in [6, 6.07) is 13.5. The first kappa shape index (κ1) is 24.0. The fourth-order valence-corrected chi connectivity index (χ4v) is 4.99. The van der Waals surface area contributed by atoms with Crippen molar-refractivity contribution < 1.29 is 8.42 Å². The first-order valence-corrected chi connectivity index (χ1v) is 12.4. The van der Waals surface area contributed by atoms with E-state index in [9.17, 15) is 8.42 Å². The molecule has 1 heterocycles. The Bertz CT molecular complexity index is 1190. The zero-order chi connectivity index (χ0) is 23.6. The molecule has 1 aromatic heterocycles. The topological polar surface area (TPSA) is 67.2 Å². The second-order valence-corrected chi connectivity index (χ2v) is 10.9. The molecule has 32 heavy (non-hydrogen) atoms. The lowest BCUT2D eigenvalue weighted by atomic mass is 10.00. The van der Waals surface area contributed by atoms with Gasteiger partial charge in [0.25, 0.3) is 10.0 Å². The van der Waals surface area contributed by atoms with Gasteiger partial charge in [-0.2, -0.15) is 5.10 Å². The van der Waals surface area contributed by atoms with Crippen LogP contribution in [0.5, 0.6) is 0 Å². The zero-order valence-corrected chi connectivity index (χ0v) is 20.9. The van der Waals surface area contributed by atoms with Gasteiger partial charge in [0.05, 0.1) is 22.0 Å². The average Bonchev–Trinajstić information content (AvgIpc) is 2.93. The van der Waals surface area contributed by atoms with Crippen LogP contribution in [0.25, 0.3) is 11.1 Å². The van der Waals surface area contributed by atoms with Gasteiger partial charge in [-0.1, -0.05) is 43.7 Å². The summed E-state index contributed by atoms with van der Waals surface area (Å²) in [7, 11) is 2.20. The van der Waals surface area contributed by atoms with E-state index in [0.717, 1.165) is 29.1 Å². The van der Waals surface area contributed by atoms with E-state index in [0.29, 0.717) is 18.0 Å². The number of sulfonamides is 1. The number of aryl methyl sites for hydroxylation is 2. The molecular weight excluding hydrogens is 420 g/mol. The van der Waals surface area contributed by atoms with Crippen LogP contribution in [0.2, 0.25) is 0 Å². The first-order valence-electron chi connectivity index (χ1n) is 10.9. The van der Waals surface area contributed by atoms with Crippen LogP contribution in [0.15, 0.2) is 47.4 Å². The summed E-state index contributed by atoms with van der Waals surface area (Å²) in [6.45, 7) is 9.00. The molecule has 0 atom stereocenters. The van der Waals surface area contributed by atoms with E-state index < -0.39 is 10.0 Å². The maximum Gasteiger partial charge on any atom is 0.262 e. The van der Waals surface area contributed by atoms with Gasteiger partial charge in [-0.15, -0.1) is 0 Å². The zero-order valence-electron chi connectivity index (χ0n) is 20.1. The molecular formula is C25H34N4O2S. The third kappa shape index (κ3) is 5.58. The van der Waals surface area contributed by atoms with Crippen LogP contribution in [-0.2, 0) is 30.0 Å². The lowest BCUT2D eigenvalue weighted by Gasteiger charge is -2.13. The maximum absolute atomic E-state index is 13.1. The summed E-state index contributed by atoms with van der Waals surface area (Å²) in [4.78, 5) is 2.37. The number of hydrogen-bond donors (Lipinski definition) is 1. The third-order valence-corrected chi connectivity index (χ3v) is 6.74. The van der Waals surface area contributed by atoms with Crippen molar-refractivity contribution >= 4 is 15.7 Å². The fraction of sp³-hybridized carbons (Fsp3) is 0.400. The molecule has 0 saturated heterocycles. The Balaban J connectivity index is 1.89. The molecule has 0 aliphatic rings. The summed E-state index contributed by atoms with van der Waals surface area (Å²) in [5.41, 5.74) is 6.64. The Morgan fingerprint density at radius 1 is 1.03 bits per heavy atom. The summed E-state index contributed by atoms with van der Waals surface area (Å²) < 4.78 is 30.8. The van der Waals surface area contributed by atoms with Gasteiger partial charge in [-0.25, -0.2) is 8.42 Å². The number of nitrogens with one attached hydrogen (secondary N) is 1. The van der Waals surface area contributed by atoms with Crippen LogP contribution in [0.4, 0.5) is 5.69 Å². The summed E-state index contributed by atoms with van der Waals surface area (Å²) >= 11 is 0. The molecule has 0 radical (unpaired) electrons. The minimum atomic E-state index is -3.72. The number of hydrogen-bond acceptors (Lipinski definition) is 4. The van der Waals surface area contributed by atoms with Gasteiger partial charge >= 0.3 is 0 Å². The lowest BCUT2D eigenvalue weighted by molar-refractivity contribution is 0.402. The second kappa shape index (κ2) is 9.46. The average molecular weight is 455 g/mol. The van der Waals surface area contributed by atoms with Crippen LogP contribution in [0, 0.1) is 19.8 Å². The van der Waals surface area contributed by atoms with Gasteiger partial charge in [-0.3, -0.25) is 9.40 Å². The predicted molar refractivity (Wildman–Crippen MR) is 131 cm³/mol. The molecule has 0 saturated carbocycles. The van der Waals surface area contributed by atoms with E-state index >= 15 is 0 Å². The fourth-order valence-electron chi connectivity index (χ4n) is 3.84. The maximum atomic E-state index is 13.1. The quantitative estimate of drug-likeness (QED) is 0.533. The van der Waals surface area contributed by atoms with Crippen molar-refractivity contribution in [2.24, 2.45) is 13.0 Å². The number of aromatic nitrogens is 2. The summed E-state index contributed by atoms with van der Waals surface area (Å²) in [6.07, 6.45) is 0.709. The molecule has 7 heteroatoms. The van der Waals surface area contributed by atoms with Gasteiger partial charge < -0.3 is 4.90 Å². The number of rotatable bonds is 8. The van der Waals surface area contributed by atoms with Crippen molar-refractivity contribution in [2.75, 3.05) is 18.8 Å². The molecule has 0 spiro atoms. The van der Waals surface area contributed by atoms with Crippen molar-refractivity contribution in [2.45, 2.75) is 45.6 Å². The van der Waals surface area contributed by atoms with E-state index in [-0.39, 0.29) is 4.90 Å². The van der Waals surface area contributed by atoms with E-state index in [4.69, 9.17) is 0 Å². The van der Waals surface area contributed by atoms with Crippen molar-refractivity contribution in [3.05, 3.63) is 65.0 Å².